The molecule has 0 saturated heterocycles. The molecular weight excluding hydrogens is 442 g/mol. The predicted octanol–water partition coefficient (Wildman–Crippen LogP) is 6.97. The van der Waals surface area contributed by atoms with E-state index in [4.69, 9.17) is 16.3 Å². The number of rotatable bonds is 1. The highest BCUT2D eigenvalue weighted by Gasteiger charge is 2.51. The van der Waals surface area contributed by atoms with E-state index in [1.807, 2.05) is 31.2 Å². The minimum absolute atomic E-state index is 0.197. The molecule has 0 N–H and O–H groups in total. The van der Waals surface area contributed by atoms with Crippen molar-refractivity contribution in [2.24, 2.45) is 0 Å². The zero-order chi connectivity index (χ0) is 22.9. The van der Waals surface area contributed by atoms with Gasteiger partial charge in [0.25, 0.3) is 0 Å². The van der Waals surface area contributed by atoms with Crippen molar-refractivity contribution in [3.05, 3.63) is 124 Å². The number of fused-ring (bicyclic) bond motifs is 9. The molecule has 0 amide bonds. The van der Waals surface area contributed by atoms with Gasteiger partial charge in [-0.3, -0.25) is 0 Å². The van der Waals surface area contributed by atoms with E-state index in [0.717, 1.165) is 28.2 Å². The second-order valence-electron chi connectivity index (χ2n) is 8.63. The van der Waals surface area contributed by atoms with Crippen molar-refractivity contribution in [2.45, 2.75) is 12.3 Å². The lowest BCUT2D eigenvalue weighted by Crippen LogP contribution is -2.32. The van der Waals surface area contributed by atoms with Gasteiger partial charge in [0, 0.05) is 16.7 Å². The zero-order valence-corrected chi connectivity index (χ0v) is 19.0. The van der Waals surface area contributed by atoms with Crippen molar-refractivity contribution < 1.29 is 4.74 Å². The molecule has 0 bridgehead atoms. The monoisotopic (exact) mass is 459 g/mol. The third-order valence-corrected chi connectivity index (χ3v) is 6.99. The highest BCUT2D eigenvalue weighted by atomic mass is 35.5. The highest BCUT2D eigenvalue weighted by Crippen LogP contribution is 2.62. The molecule has 0 saturated carbocycles. The molecule has 2 heterocycles. The molecule has 1 aromatic heterocycles. The van der Waals surface area contributed by atoms with Gasteiger partial charge in [-0.25, -0.2) is 9.97 Å². The lowest BCUT2D eigenvalue weighted by atomic mass is 9.66. The summed E-state index contributed by atoms with van der Waals surface area (Å²) in [4.78, 5) is 13.1. The van der Waals surface area contributed by atoms with Gasteiger partial charge in [0.2, 0.25) is 5.28 Å². The average molecular weight is 460 g/mol. The lowest BCUT2D eigenvalue weighted by molar-refractivity contribution is 0.436. The van der Waals surface area contributed by atoms with Crippen LogP contribution in [-0.2, 0) is 5.41 Å². The Balaban J connectivity index is 1.62. The number of hydrogen-bond donors (Lipinski definition) is 0. The van der Waals surface area contributed by atoms with Gasteiger partial charge in [-0.1, -0.05) is 72.8 Å². The summed E-state index contributed by atoms with van der Waals surface area (Å²) in [7, 11) is 0. The maximum atomic E-state index is 6.39. The van der Waals surface area contributed by atoms with Crippen LogP contribution >= 0.6 is 11.6 Å². The molecule has 0 unspecified atom stereocenters. The lowest BCUT2D eigenvalue weighted by Gasteiger charge is -2.39. The van der Waals surface area contributed by atoms with E-state index in [-0.39, 0.29) is 5.28 Å². The summed E-state index contributed by atoms with van der Waals surface area (Å²) in [6.45, 7) is 1.83. The van der Waals surface area contributed by atoms with Crippen LogP contribution in [0.2, 0.25) is 5.28 Å². The molecule has 2 aliphatic rings. The van der Waals surface area contributed by atoms with Gasteiger partial charge < -0.3 is 4.74 Å². The Morgan fingerprint density at radius 3 is 1.97 bits per heavy atom. The van der Waals surface area contributed by atoms with Crippen LogP contribution in [0, 0.1) is 6.92 Å². The van der Waals surface area contributed by atoms with Gasteiger partial charge in [0.05, 0.1) is 5.41 Å². The van der Waals surface area contributed by atoms with E-state index in [2.05, 4.69) is 81.7 Å². The summed E-state index contributed by atoms with van der Waals surface area (Å²) in [5, 5.41) is 0.197. The third kappa shape index (κ3) is 2.52. The first-order chi connectivity index (χ1) is 16.7. The van der Waals surface area contributed by atoms with Crippen molar-refractivity contribution in [3.8, 4) is 34.0 Å². The fraction of sp³-hybridized carbons (Fsp3) is 0.0690. The summed E-state index contributed by atoms with van der Waals surface area (Å²) in [6, 6.07) is 31.7. The van der Waals surface area contributed by atoms with E-state index in [0.29, 0.717) is 11.6 Å². The molecule has 34 heavy (non-hydrogen) atoms. The van der Waals surface area contributed by atoms with Crippen LogP contribution in [-0.4, -0.2) is 15.0 Å². The molecule has 0 radical (unpaired) electrons. The second-order valence-corrected chi connectivity index (χ2v) is 8.96. The van der Waals surface area contributed by atoms with Crippen LogP contribution < -0.4 is 4.74 Å². The van der Waals surface area contributed by atoms with E-state index < -0.39 is 5.41 Å². The number of para-hydroxylation sites is 2. The van der Waals surface area contributed by atoms with Gasteiger partial charge >= 0.3 is 0 Å². The quantitative estimate of drug-likeness (QED) is 0.266. The van der Waals surface area contributed by atoms with Gasteiger partial charge in [0.15, 0.2) is 5.82 Å². The summed E-state index contributed by atoms with van der Waals surface area (Å²) >= 11 is 6.19. The van der Waals surface area contributed by atoms with Gasteiger partial charge in [-0.2, -0.15) is 4.98 Å². The highest BCUT2D eigenvalue weighted by molar-refractivity contribution is 6.28. The number of ether oxygens (including phenoxy) is 1. The first-order valence-electron chi connectivity index (χ1n) is 11.2. The Bertz CT molecular complexity index is 1560. The molecule has 0 fully saturated rings. The summed E-state index contributed by atoms with van der Waals surface area (Å²) in [5.74, 6) is 2.90. The van der Waals surface area contributed by atoms with E-state index >= 15 is 0 Å². The number of nitrogens with zero attached hydrogens (tertiary/aromatic N) is 3. The Labute approximate surface area is 201 Å². The Morgan fingerprint density at radius 2 is 1.26 bits per heavy atom. The van der Waals surface area contributed by atoms with Crippen molar-refractivity contribution in [2.75, 3.05) is 0 Å². The average Bonchev–Trinajstić information content (AvgIpc) is 3.14. The fourth-order valence-electron chi connectivity index (χ4n) is 5.57. The minimum atomic E-state index is -0.515. The normalized spacial score (nSPS) is 14.1. The van der Waals surface area contributed by atoms with E-state index in [9.17, 15) is 0 Å². The largest absolute Gasteiger partial charge is 0.457 e. The molecule has 7 rings (SSSR count). The third-order valence-electron chi connectivity index (χ3n) is 6.82. The minimum Gasteiger partial charge on any atom is -0.457 e. The van der Waals surface area contributed by atoms with Gasteiger partial charge in [0.1, 0.15) is 17.3 Å². The van der Waals surface area contributed by atoms with Crippen molar-refractivity contribution >= 4 is 11.6 Å². The van der Waals surface area contributed by atoms with Gasteiger partial charge in [-0.05, 0) is 59.0 Å². The Kier molecular flexibility index (Phi) is 4.00. The summed E-state index contributed by atoms with van der Waals surface area (Å²) < 4.78 is 6.39. The maximum absolute atomic E-state index is 6.39. The molecule has 4 aromatic carbocycles. The number of halogens is 1. The van der Waals surface area contributed by atoms with Crippen LogP contribution in [0.1, 0.15) is 28.1 Å². The van der Waals surface area contributed by atoms with Crippen LogP contribution in [0.3, 0.4) is 0 Å². The molecule has 1 spiro atoms. The standard InChI is InChI=1S/C29H18ClN3O/c1-17-31-27(33-28(30)32-17)18-14-15-20-19-8-2-3-9-21(19)29(24(20)16-18)22-10-4-6-12-25(22)34-26-13-7-5-11-23(26)29/h2-16H,1H3. The SMILES string of the molecule is Cc1nc(Cl)nc(-c2ccc3c(c2)C2(c4ccccc4Oc4ccccc42)c2ccccc2-3)n1. The smallest absolute Gasteiger partial charge is 0.226 e. The van der Waals surface area contributed by atoms with Crippen LogP contribution in [0.25, 0.3) is 22.5 Å². The maximum Gasteiger partial charge on any atom is 0.226 e. The number of aryl methyl sites for hydroxylation is 1. The van der Waals surface area contributed by atoms with Crippen LogP contribution in [0.4, 0.5) is 0 Å². The molecule has 162 valence electrons. The molecule has 4 nitrogen and oxygen atoms in total. The second kappa shape index (κ2) is 6.99. The number of hydrogen-bond acceptors (Lipinski definition) is 4. The topological polar surface area (TPSA) is 47.9 Å². The summed E-state index contributed by atoms with van der Waals surface area (Å²) in [6.07, 6.45) is 0. The van der Waals surface area contributed by atoms with Crippen LogP contribution in [0.15, 0.2) is 91.0 Å². The first-order valence-corrected chi connectivity index (χ1v) is 11.5. The Hall–Kier alpha value is -4.02. The van der Waals surface area contributed by atoms with E-state index in [1.165, 1.54) is 22.3 Å². The van der Waals surface area contributed by atoms with Gasteiger partial charge in [-0.15, -0.1) is 0 Å². The summed E-state index contributed by atoms with van der Waals surface area (Å²) in [5.41, 5.74) is 7.49. The van der Waals surface area contributed by atoms with Crippen LogP contribution in [0.5, 0.6) is 11.5 Å². The fourth-order valence-corrected chi connectivity index (χ4v) is 5.77. The van der Waals surface area contributed by atoms with Crippen molar-refractivity contribution in [1.82, 2.24) is 15.0 Å². The number of aromatic nitrogens is 3. The van der Waals surface area contributed by atoms with Crippen molar-refractivity contribution in [3.63, 3.8) is 0 Å². The van der Waals surface area contributed by atoms with Crippen molar-refractivity contribution in [1.29, 1.82) is 0 Å². The molecule has 1 aliphatic heterocycles. The zero-order valence-electron chi connectivity index (χ0n) is 18.3. The molecular formula is C29H18ClN3O. The Morgan fingerprint density at radius 1 is 0.647 bits per heavy atom. The van der Waals surface area contributed by atoms with E-state index in [1.54, 1.807) is 0 Å². The predicted molar refractivity (Wildman–Crippen MR) is 132 cm³/mol. The molecule has 0 atom stereocenters. The molecule has 1 aliphatic carbocycles. The first kappa shape index (κ1) is 19.4. The molecule has 5 aromatic rings. The molecule has 5 heteroatoms. The number of benzene rings is 4.